The van der Waals surface area contributed by atoms with Crippen molar-refractivity contribution in [1.29, 1.82) is 0 Å². The van der Waals surface area contributed by atoms with Crippen LogP contribution in [-0.4, -0.2) is 41.0 Å². The fourth-order valence-electron chi connectivity index (χ4n) is 2.34. The number of carbonyl (C=O) groups is 2. The monoisotopic (exact) mass is 292 g/mol. The Balaban J connectivity index is 2.79. The zero-order valence-electron chi connectivity index (χ0n) is 13.4. The molecule has 0 spiro atoms. The predicted molar refractivity (Wildman–Crippen MR) is 83.6 cm³/mol. The summed E-state index contributed by atoms with van der Waals surface area (Å²) in [6.45, 7) is 9.59. The van der Waals surface area contributed by atoms with Gasteiger partial charge in [0, 0.05) is 11.7 Å². The molecule has 0 fully saturated rings. The summed E-state index contributed by atoms with van der Waals surface area (Å²) >= 11 is 0. The standard InChI is InChI=1S/C16H24N2O3/c1-10(2)18(9-15(20)21)8-14(19)17-16-12(4)6-11(3)7-13(16)5/h6-7,10H,8-9H2,1-5H3,(H,17,19)(H,20,21). The number of carboxylic acids is 1. The highest BCUT2D eigenvalue weighted by atomic mass is 16.4. The van der Waals surface area contributed by atoms with Crippen LogP contribution in [0.1, 0.15) is 30.5 Å². The minimum Gasteiger partial charge on any atom is -0.480 e. The maximum atomic E-state index is 12.2. The number of hydrogen-bond acceptors (Lipinski definition) is 3. The van der Waals surface area contributed by atoms with Gasteiger partial charge in [-0.25, -0.2) is 0 Å². The van der Waals surface area contributed by atoms with Crippen molar-refractivity contribution in [2.45, 2.75) is 40.7 Å². The largest absolute Gasteiger partial charge is 0.480 e. The fourth-order valence-corrected chi connectivity index (χ4v) is 2.34. The molecule has 1 aromatic carbocycles. The van der Waals surface area contributed by atoms with Gasteiger partial charge < -0.3 is 10.4 Å². The summed E-state index contributed by atoms with van der Waals surface area (Å²) in [6.07, 6.45) is 0. The van der Waals surface area contributed by atoms with Crippen molar-refractivity contribution in [3.63, 3.8) is 0 Å². The third kappa shape index (κ3) is 5.19. The van der Waals surface area contributed by atoms with Gasteiger partial charge in [-0.05, 0) is 45.7 Å². The zero-order valence-corrected chi connectivity index (χ0v) is 13.4. The van der Waals surface area contributed by atoms with Crippen molar-refractivity contribution in [2.24, 2.45) is 0 Å². The topological polar surface area (TPSA) is 69.6 Å². The number of rotatable bonds is 6. The second kappa shape index (κ2) is 7.22. The summed E-state index contributed by atoms with van der Waals surface area (Å²) in [7, 11) is 0. The van der Waals surface area contributed by atoms with E-state index in [1.54, 1.807) is 4.90 Å². The summed E-state index contributed by atoms with van der Waals surface area (Å²) in [6, 6.07) is 4.02. The van der Waals surface area contributed by atoms with Crippen molar-refractivity contribution in [3.05, 3.63) is 28.8 Å². The number of carboxylic acid groups (broad SMARTS) is 1. The van der Waals surface area contributed by atoms with E-state index < -0.39 is 5.97 Å². The van der Waals surface area contributed by atoms with Gasteiger partial charge in [-0.1, -0.05) is 17.7 Å². The van der Waals surface area contributed by atoms with E-state index in [9.17, 15) is 9.59 Å². The molecule has 5 nitrogen and oxygen atoms in total. The average molecular weight is 292 g/mol. The minimum atomic E-state index is -0.931. The molecular formula is C16H24N2O3. The van der Waals surface area contributed by atoms with Crippen LogP contribution in [0.25, 0.3) is 0 Å². The van der Waals surface area contributed by atoms with Crippen molar-refractivity contribution < 1.29 is 14.7 Å². The number of anilines is 1. The third-order valence-electron chi connectivity index (χ3n) is 3.36. The Morgan fingerprint density at radius 2 is 1.67 bits per heavy atom. The molecule has 1 amide bonds. The Hall–Kier alpha value is -1.88. The molecule has 1 aromatic rings. The molecule has 116 valence electrons. The summed E-state index contributed by atoms with van der Waals surface area (Å²) in [5.41, 5.74) is 3.98. The van der Waals surface area contributed by atoms with Crippen molar-refractivity contribution >= 4 is 17.6 Å². The van der Waals surface area contributed by atoms with Crippen LogP contribution in [-0.2, 0) is 9.59 Å². The second-order valence-electron chi connectivity index (χ2n) is 5.71. The number of amides is 1. The lowest BCUT2D eigenvalue weighted by Crippen LogP contribution is -2.41. The Labute approximate surface area is 126 Å². The van der Waals surface area contributed by atoms with Gasteiger partial charge in [-0.2, -0.15) is 0 Å². The molecule has 0 aromatic heterocycles. The number of hydrogen-bond donors (Lipinski definition) is 2. The number of nitrogens with zero attached hydrogens (tertiary/aromatic N) is 1. The highest BCUT2D eigenvalue weighted by Gasteiger charge is 2.18. The normalized spacial score (nSPS) is 11.0. The van der Waals surface area contributed by atoms with E-state index in [-0.39, 0.29) is 25.0 Å². The highest BCUT2D eigenvalue weighted by Crippen LogP contribution is 2.21. The van der Waals surface area contributed by atoms with Crippen LogP contribution in [0.4, 0.5) is 5.69 Å². The molecule has 21 heavy (non-hydrogen) atoms. The first-order valence-electron chi connectivity index (χ1n) is 7.04. The molecule has 0 saturated heterocycles. The van der Waals surface area contributed by atoms with Crippen molar-refractivity contribution in [1.82, 2.24) is 4.90 Å². The molecule has 0 radical (unpaired) electrons. The van der Waals surface area contributed by atoms with Crippen molar-refractivity contribution in [3.8, 4) is 0 Å². The second-order valence-corrected chi connectivity index (χ2v) is 5.71. The Bertz CT molecular complexity index is 515. The molecule has 0 atom stereocenters. The highest BCUT2D eigenvalue weighted by molar-refractivity contribution is 5.94. The average Bonchev–Trinajstić information content (AvgIpc) is 2.32. The minimum absolute atomic E-state index is 0.00735. The van der Waals surface area contributed by atoms with E-state index in [4.69, 9.17) is 5.11 Å². The molecular weight excluding hydrogens is 268 g/mol. The van der Waals surface area contributed by atoms with E-state index in [0.717, 1.165) is 22.4 Å². The predicted octanol–water partition coefficient (Wildman–Crippen LogP) is 2.35. The van der Waals surface area contributed by atoms with Gasteiger partial charge >= 0.3 is 5.97 Å². The van der Waals surface area contributed by atoms with Crippen LogP contribution in [0.3, 0.4) is 0 Å². The third-order valence-corrected chi connectivity index (χ3v) is 3.36. The van der Waals surface area contributed by atoms with Crippen LogP contribution in [0, 0.1) is 20.8 Å². The summed E-state index contributed by atoms with van der Waals surface area (Å²) < 4.78 is 0. The number of aryl methyl sites for hydroxylation is 3. The molecule has 0 bridgehead atoms. The zero-order chi connectivity index (χ0) is 16.2. The Kier molecular flexibility index (Phi) is 5.90. The lowest BCUT2D eigenvalue weighted by atomic mass is 10.1. The summed E-state index contributed by atoms with van der Waals surface area (Å²) in [5.74, 6) is -1.13. The van der Waals surface area contributed by atoms with Crippen LogP contribution < -0.4 is 5.32 Å². The van der Waals surface area contributed by atoms with E-state index in [0.29, 0.717) is 0 Å². The smallest absolute Gasteiger partial charge is 0.317 e. The van der Waals surface area contributed by atoms with Gasteiger partial charge in [0.25, 0.3) is 0 Å². The van der Waals surface area contributed by atoms with Gasteiger partial charge in [0.1, 0.15) is 0 Å². The fraction of sp³-hybridized carbons (Fsp3) is 0.500. The molecule has 0 heterocycles. The molecule has 0 aliphatic carbocycles. The SMILES string of the molecule is Cc1cc(C)c(NC(=O)CN(CC(=O)O)C(C)C)c(C)c1. The first kappa shape index (κ1) is 17.2. The molecule has 0 saturated carbocycles. The number of benzene rings is 1. The van der Waals surface area contributed by atoms with E-state index in [2.05, 4.69) is 5.32 Å². The first-order valence-corrected chi connectivity index (χ1v) is 7.04. The number of nitrogens with one attached hydrogen (secondary N) is 1. The van der Waals surface area contributed by atoms with E-state index in [1.165, 1.54) is 0 Å². The van der Waals surface area contributed by atoms with Gasteiger partial charge in [0.05, 0.1) is 13.1 Å². The quantitative estimate of drug-likeness (QED) is 0.844. The molecule has 1 rings (SSSR count). The molecule has 0 aliphatic heterocycles. The van der Waals surface area contributed by atoms with E-state index >= 15 is 0 Å². The van der Waals surface area contributed by atoms with Crippen molar-refractivity contribution in [2.75, 3.05) is 18.4 Å². The molecule has 0 aliphatic rings. The number of aliphatic carboxylic acids is 1. The van der Waals surface area contributed by atoms with Crippen LogP contribution in [0.5, 0.6) is 0 Å². The van der Waals surface area contributed by atoms with Gasteiger partial charge in [-0.3, -0.25) is 14.5 Å². The maximum absolute atomic E-state index is 12.2. The Morgan fingerprint density at radius 1 is 1.14 bits per heavy atom. The lowest BCUT2D eigenvalue weighted by molar-refractivity contribution is -0.139. The summed E-state index contributed by atoms with van der Waals surface area (Å²) in [5, 5.41) is 11.8. The lowest BCUT2D eigenvalue weighted by Gasteiger charge is -2.24. The Morgan fingerprint density at radius 3 is 2.10 bits per heavy atom. The summed E-state index contributed by atoms with van der Waals surface area (Å²) in [4.78, 5) is 24.6. The van der Waals surface area contributed by atoms with Crippen LogP contribution in [0.15, 0.2) is 12.1 Å². The van der Waals surface area contributed by atoms with Gasteiger partial charge in [0.2, 0.25) is 5.91 Å². The molecule has 5 heteroatoms. The first-order chi connectivity index (χ1) is 9.70. The van der Waals surface area contributed by atoms with Gasteiger partial charge in [0.15, 0.2) is 0 Å². The number of carbonyl (C=O) groups excluding carboxylic acids is 1. The van der Waals surface area contributed by atoms with Crippen LogP contribution >= 0.6 is 0 Å². The van der Waals surface area contributed by atoms with Crippen LogP contribution in [0.2, 0.25) is 0 Å². The molecule has 2 N–H and O–H groups in total. The maximum Gasteiger partial charge on any atom is 0.317 e. The van der Waals surface area contributed by atoms with E-state index in [1.807, 2.05) is 46.8 Å². The van der Waals surface area contributed by atoms with Gasteiger partial charge in [-0.15, -0.1) is 0 Å². The molecule has 0 unspecified atom stereocenters.